The van der Waals surface area contributed by atoms with Gasteiger partial charge in [-0.15, -0.1) is 0 Å². The lowest BCUT2D eigenvalue weighted by atomic mass is 10.1. The zero-order valence-corrected chi connectivity index (χ0v) is 11.2. The third-order valence-corrected chi connectivity index (χ3v) is 3.61. The second-order valence-corrected chi connectivity index (χ2v) is 5.16. The van der Waals surface area contributed by atoms with Crippen molar-refractivity contribution in [1.82, 2.24) is 4.90 Å². The van der Waals surface area contributed by atoms with Crippen LogP contribution in [0.2, 0.25) is 0 Å². The molecule has 19 heavy (non-hydrogen) atoms. The molecule has 1 heterocycles. The van der Waals surface area contributed by atoms with E-state index in [1.54, 1.807) is 12.1 Å². The molecule has 2 rings (SSSR count). The van der Waals surface area contributed by atoms with E-state index in [1.165, 1.54) is 12.1 Å². The van der Waals surface area contributed by atoms with Crippen molar-refractivity contribution in [3.8, 4) is 0 Å². The standard InChI is InChI=1S/C14H19F3N2/c1-10(2)19-8-7-18(9-13(19)14(16)17)12-5-3-11(15)4-6-12/h3-6,10,13-14H,7-9H2,1-2H3. The third-order valence-electron chi connectivity index (χ3n) is 3.61. The Hall–Kier alpha value is -1.23. The Morgan fingerprint density at radius 1 is 1.11 bits per heavy atom. The molecule has 0 amide bonds. The van der Waals surface area contributed by atoms with Gasteiger partial charge in [0.1, 0.15) is 5.82 Å². The smallest absolute Gasteiger partial charge is 0.255 e. The van der Waals surface area contributed by atoms with E-state index in [0.29, 0.717) is 13.1 Å². The Morgan fingerprint density at radius 2 is 1.74 bits per heavy atom. The molecule has 1 aromatic rings. The minimum Gasteiger partial charge on any atom is -0.368 e. The first kappa shape index (κ1) is 14.2. The molecule has 0 aromatic heterocycles. The fraction of sp³-hybridized carbons (Fsp3) is 0.571. The molecule has 106 valence electrons. The Labute approximate surface area is 111 Å². The second kappa shape index (κ2) is 5.82. The number of anilines is 1. The molecule has 0 bridgehead atoms. The van der Waals surface area contributed by atoms with E-state index in [9.17, 15) is 13.2 Å². The Morgan fingerprint density at radius 3 is 2.26 bits per heavy atom. The van der Waals surface area contributed by atoms with Gasteiger partial charge in [0.05, 0.1) is 6.04 Å². The lowest BCUT2D eigenvalue weighted by Crippen LogP contribution is -2.58. The van der Waals surface area contributed by atoms with Gasteiger partial charge in [-0.25, -0.2) is 13.2 Å². The number of halogens is 3. The van der Waals surface area contributed by atoms with Crippen LogP contribution in [0.15, 0.2) is 24.3 Å². The monoisotopic (exact) mass is 272 g/mol. The number of nitrogens with zero attached hydrogens (tertiary/aromatic N) is 2. The van der Waals surface area contributed by atoms with Crippen LogP contribution in [0.3, 0.4) is 0 Å². The van der Waals surface area contributed by atoms with Gasteiger partial charge in [0.25, 0.3) is 6.43 Å². The highest BCUT2D eigenvalue weighted by Gasteiger charge is 2.34. The molecule has 1 unspecified atom stereocenters. The highest BCUT2D eigenvalue weighted by molar-refractivity contribution is 5.47. The summed E-state index contributed by atoms with van der Waals surface area (Å²) in [6.45, 7) is 5.43. The van der Waals surface area contributed by atoms with Crippen LogP contribution in [-0.2, 0) is 0 Å². The van der Waals surface area contributed by atoms with Crippen LogP contribution in [0.5, 0.6) is 0 Å². The molecule has 1 aromatic carbocycles. The van der Waals surface area contributed by atoms with Crippen molar-refractivity contribution in [2.24, 2.45) is 0 Å². The van der Waals surface area contributed by atoms with Gasteiger partial charge in [-0.2, -0.15) is 0 Å². The molecular formula is C14H19F3N2. The molecule has 0 radical (unpaired) electrons. The predicted octanol–water partition coefficient (Wildman–Crippen LogP) is 2.99. The molecule has 0 aliphatic carbocycles. The van der Waals surface area contributed by atoms with E-state index in [1.807, 2.05) is 23.6 Å². The summed E-state index contributed by atoms with van der Waals surface area (Å²) >= 11 is 0. The van der Waals surface area contributed by atoms with E-state index < -0.39 is 12.5 Å². The minimum atomic E-state index is -2.37. The zero-order valence-electron chi connectivity index (χ0n) is 11.2. The lowest BCUT2D eigenvalue weighted by Gasteiger charge is -2.44. The van der Waals surface area contributed by atoms with Gasteiger partial charge >= 0.3 is 0 Å². The van der Waals surface area contributed by atoms with Crippen LogP contribution in [-0.4, -0.2) is 43.0 Å². The summed E-state index contributed by atoms with van der Waals surface area (Å²) in [6.07, 6.45) is -2.37. The number of alkyl halides is 2. The van der Waals surface area contributed by atoms with E-state index >= 15 is 0 Å². The molecule has 1 atom stereocenters. The summed E-state index contributed by atoms with van der Waals surface area (Å²) in [7, 11) is 0. The van der Waals surface area contributed by atoms with Gasteiger partial charge in [-0.05, 0) is 38.1 Å². The van der Waals surface area contributed by atoms with E-state index in [4.69, 9.17) is 0 Å². The molecule has 1 aliphatic rings. The topological polar surface area (TPSA) is 6.48 Å². The maximum absolute atomic E-state index is 13.2. The number of rotatable bonds is 3. The predicted molar refractivity (Wildman–Crippen MR) is 70.2 cm³/mol. The second-order valence-electron chi connectivity index (χ2n) is 5.16. The third kappa shape index (κ3) is 3.21. The summed E-state index contributed by atoms with van der Waals surface area (Å²) in [5, 5.41) is 0. The minimum absolute atomic E-state index is 0.106. The van der Waals surface area contributed by atoms with Crippen LogP contribution in [0.1, 0.15) is 13.8 Å². The molecule has 5 heteroatoms. The van der Waals surface area contributed by atoms with Crippen molar-refractivity contribution in [3.05, 3.63) is 30.1 Å². The Balaban J connectivity index is 2.12. The summed E-state index contributed by atoms with van der Waals surface area (Å²) in [6, 6.07) is 5.35. The summed E-state index contributed by atoms with van der Waals surface area (Å²) in [4.78, 5) is 3.74. The van der Waals surface area contributed by atoms with Gasteiger partial charge < -0.3 is 4.90 Å². The molecule has 0 N–H and O–H groups in total. The van der Waals surface area contributed by atoms with Crippen LogP contribution < -0.4 is 4.90 Å². The van der Waals surface area contributed by atoms with Gasteiger partial charge in [-0.3, -0.25) is 4.90 Å². The Bertz CT molecular complexity index is 406. The quantitative estimate of drug-likeness (QED) is 0.834. The van der Waals surface area contributed by atoms with E-state index in [0.717, 1.165) is 5.69 Å². The fourth-order valence-electron chi connectivity index (χ4n) is 2.58. The first-order valence-electron chi connectivity index (χ1n) is 6.53. The average molecular weight is 272 g/mol. The highest BCUT2D eigenvalue weighted by atomic mass is 19.3. The molecule has 1 fully saturated rings. The van der Waals surface area contributed by atoms with Crippen molar-refractivity contribution in [2.45, 2.75) is 32.4 Å². The maximum atomic E-state index is 13.2. The number of hydrogen-bond acceptors (Lipinski definition) is 2. The van der Waals surface area contributed by atoms with Crippen molar-refractivity contribution in [1.29, 1.82) is 0 Å². The highest BCUT2D eigenvalue weighted by Crippen LogP contribution is 2.23. The molecule has 0 spiro atoms. The van der Waals surface area contributed by atoms with Crippen LogP contribution >= 0.6 is 0 Å². The fourth-order valence-corrected chi connectivity index (χ4v) is 2.58. The van der Waals surface area contributed by atoms with Crippen molar-refractivity contribution >= 4 is 5.69 Å². The lowest BCUT2D eigenvalue weighted by molar-refractivity contribution is 0.00384. The van der Waals surface area contributed by atoms with Crippen molar-refractivity contribution in [3.63, 3.8) is 0 Å². The van der Waals surface area contributed by atoms with Crippen molar-refractivity contribution < 1.29 is 13.2 Å². The molecule has 1 aliphatic heterocycles. The number of piperazine rings is 1. The molecule has 1 saturated heterocycles. The van der Waals surface area contributed by atoms with Gasteiger partial charge in [0.2, 0.25) is 0 Å². The van der Waals surface area contributed by atoms with E-state index in [-0.39, 0.29) is 18.4 Å². The van der Waals surface area contributed by atoms with Crippen LogP contribution in [0, 0.1) is 5.82 Å². The molecular weight excluding hydrogens is 253 g/mol. The molecule has 2 nitrogen and oxygen atoms in total. The summed E-state index contributed by atoms with van der Waals surface area (Å²) in [5.41, 5.74) is 0.801. The first-order valence-corrected chi connectivity index (χ1v) is 6.53. The van der Waals surface area contributed by atoms with Crippen molar-refractivity contribution in [2.75, 3.05) is 24.5 Å². The van der Waals surface area contributed by atoms with Gasteiger partial charge in [0, 0.05) is 31.4 Å². The average Bonchev–Trinajstić information content (AvgIpc) is 2.38. The van der Waals surface area contributed by atoms with Crippen LogP contribution in [0.4, 0.5) is 18.9 Å². The summed E-state index contributed by atoms with van der Waals surface area (Å²) < 4.78 is 39.2. The zero-order chi connectivity index (χ0) is 14.0. The largest absolute Gasteiger partial charge is 0.368 e. The first-order chi connectivity index (χ1) is 8.99. The molecule has 0 saturated carbocycles. The SMILES string of the molecule is CC(C)N1CCN(c2ccc(F)cc2)CC1C(F)F. The normalized spacial score (nSPS) is 21.4. The number of hydrogen-bond donors (Lipinski definition) is 0. The maximum Gasteiger partial charge on any atom is 0.255 e. The van der Waals surface area contributed by atoms with E-state index in [2.05, 4.69) is 0 Å². The van der Waals surface area contributed by atoms with Gasteiger partial charge in [-0.1, -0.05) is 0 Å². The summed E-state index contributed by atoms with van der Waals surface area (Å²) in [5.74, 6) is -0.310. The number of benzene rings is 1. The Kier molecular flexibility index (Phi) is 4.34. The van der Waals surface area contributed by atoms with Gasteiger partial charge in [0.15, 0.2) is 0 Å². The van der Waals surface area contributed by atoms with Crippen LogP contribution in [0.25, 0.3) is 0 Å².